The van der Waals surface area contributed by atoms with E-state index < -0.39 is 49.5 Å². The predicted molar refractivity (Wildman–Crippen MR) is 408 cm³/mol. The van der Waals surface area contributed by atoms with Crippen molar-refractivity contribution in [2.75, 3.05) is 19.8 Å². The lowest BCUT2D eigenvalue weighted by atomic mass is 9.99. The van der Waals surface area contributed by atoms with Crippen molar-refractivity contribution in [1.82, 2.24) is 5.32 Å². The van der Waals surface area contributed by atoms with Crippen molar-refractivity contribution >= 4 is 11.9 Å². The maximum atomic E-state index is 13.1. The molecule has 1 rings (SSSR count). The summed E-state index contributed by atoms with van der Waals surface area (Å²) in [6.07, 6.45) is 86.6. The third-order valence-electron chi connectivity index (χ3n) is 20.6. The van der Waals surface area contributed by atoms with Gasteiger partial charge < -0.3 is 45.1 Å². The van der Waals surface area contributed by atoms with Crippen LogP contribution in [0.3, 0.4) is 0 Å². The summed E-state index contributed by atoms with van der Waals surface area (Å²) in [6, 6.07) is -0.807. The molecule has 0 aromatic carbocycles. The van der Waals surface area contributed by atoms with Gasteiger partial charge in [-0.2, -0.15) is 0 Å². The Morgan fingerprint density at radius 2 is 0.667 bits per heavy atom. The largest absolute Gasteiger partial charge is 0.466 e. The first-order valence-corrected chi connectivity index (χ1v) is 42.6. The van der Waals surface area contributed by atoms with Crippen molar-refractivity contribution in [2.24, 2.45) is 0 Å². The van der Waals surface area contributed by atoms with Crippen LogP contribution < -0.4 is 5.32 Å². The Hall–Kier alpha value is -1.86. The predicted octanol–water partition coefficient (Wildman–Crippen LogP) is 23.5. The van der Waals surface area contributed by atoms with E-state index in [1.165, 1.54) is 366 Å². The fourth-order valence-electron chi connectivity index (χ4n) is 13.9. The van der Waals surface area contributed by atoms with Crippen LogP contribution in [0.1, 0.15) is 444 Å². The van der Waals surface area contributed by atoms with Gasteiger partial charge in [-0.05, 0) is 57.8 Å². The summed E-state index contributed by atoms with van der Waals surface area (Å²) in [5, 5.41) is 54.6. The second-order valence-electron chi connectivity index (χ2n) is 29.9. The zero-order valence-corrected chi connectivity index (χ0v) is 63.6. The number of unbranched alkanes of at least 4 members (excludes halogenated alkanes) is 61. The van der Waals surface area contributed by atoms with Gasteiger partial charge in [-0.25, -0.2) is 0 Å². The van der Waals surface area contributed by atoms with Crippen molar-refractivity contribution < 1.29 is 49.3 Å². The van der Waals surface area contributed by atoms with Gasteiger partial charge in [0.2, 0.25) is 5.91 Å². The van der Waals surface area contributed by atoms with Gasteiger partial charge in [0.25, 0.3) is 0 Å². The third kappa shape index (κ3) is 62.0. The lowest BCUT2D eigenvalue weighted by Gasteiger charge is -2.40. The number of aliphatic hydroxyl groups excluding tert-OH is 5. The average Bonchev–Trinajstić information content (AvgIpc) is 0.842. The molecule has 0 spiro atoms. The molecule has 1 amide bonds. The molecule has 0 aromatic rings. The quantitative estimate of drug-likeness (QED) is 0.0195. The van der Waals surface area contributed by atoms with E-state index in [9.17, 15) is 35.1 Å². The molecular weight excluding hydrogens is 1190 g/mol. The van der Waals surface area contributed by atoms with Crippen LogP contribution in [0.2, 0.25) is 0 Å². The molecule has 0 bridgehead atoms. The van der Waals surface area contributed by atoms with Crippen LogP contribution in [-0.4, -0.2) is 100 Å². The number of carbonyl (C=O) groups excluding carboxylic acids is 2. The number of ether oxygens (including phenoxy) is 3. The molecule has 0 radical (unpaired) electrons. The van der Waals surface area contributed by atoms with Gasteiger partial charge in [0, 0.05) is 12.8 Å². The highest BCUT2D eigenvalue weighted by molar-refractivity contribution is 5.76. The lowest BCUT2D eigenvalue weighted by Crippen LogP contribution is -2.60. The van der Waals surface area contributed by atoms with Gasteiger partial charge in [-0.15, -0.1) is 0 Å². The molecule has 568 valence electrons. The van der Waals surface area contributed by atoms with Gasteiger partial charge in [0.15, 0.2) is 6.29 Å². The molecule has 11 nitrogen and oxygen atoms in total. The number of hydrogen-bond acceptors (Lipinski definition) is 10. The number of aliphatic hydroxyl groups is 5. The molecule has 0 saturated carbocycles. The zero-order chi connectivity index (χ0) is 69.4. The van der Waals surface area contributed by atoms with Gasteiger partial charge in [-0.3, -0.25) is 9.59 Å². The Morgan fingerprint density at radius 1 is 0.375 bits per heavy atom. The lowest BCUT2D eigenvalue weighted by molar-refractivity contribution is -0.302. The standard InChI is InChI=1S/C85H163NO10/c1-3-5-7-9-11-13-15-17-44-49-53-57-61-65-69-73-81(90)94-74-70-66-62-58-54-50-46-43-41-39-37-35-33-31-29-27-25-23-21-19-20-22-24-26-28-30-32-34-36-38-40-42-45-48-52-56-60-64-68-72-80(89)86-77(76-95-85-84(93)83(92)82(91)79(75-87)96-85)78(88)71-67-63-59-55-51-47-18-16-14-12-10-8-6-4-2/h19-20,67,71,77-79,82-85,87-88,91-93H,3-18,21-66,68-70,72-76H2,1-2H3,(H,86,89)/b20-19-,71-67+. The molecule has 7 unspecified atom stereocenters. The van der Waals surface area contributed by atoms with E-state index in [2.05, 4.69) is 31.3 Å². The summed E-state index contributed by atoms with van der Waals surface area (Å²) in [7, 11) is 0. The smallest absolute Gasteiger partial charge is 0.305 e. The van der Waals surface area contributed by atoms with Crippen molar-refractivity contribution in [3.8, 4) is 0 Å². The van der Waals surface area contributed by atoms with Crippen molar-refractivity contribution in [3.05, 3.63) is 24.3 Å². The number of amides is 1. The van der Waals surface area contributed by atoms with E-state index in [1.54, 1.807) is 6.08 Å². The zero-order valence-electron chi connectivity index (χ0n) is 63.6. The number of hydrogen-bond donors (Lipinski definition) is 6. The molecule has 7 atom stereocenters. The van der Waals surface area contributed by atoms with Crippen LogP contribution in [0.5, 0.6) is 0 Å². The highest BCUT2D eigenvalue weighted by atomic mass is 16.7. The summed E-state index contributed by atoms with van der Waals surface area (Å²) in [4.78, 5) is 25.2. The number of rotatable bonds is 77. The molecule has 96 heavy (non-hydrogen) atoms. The van der Waals surface area contributed by atoms with Crippen LogP contribution in [0.25, 0.3) is 0 Å². The summed E-state index contributed by atoms with van der Waals surface area (Å²) in [5.41, 5.74) is 0. The van der Waals surface area contributed by atoms with Crippen LogP contribution >= 0.6 is 0 Å². The molecule has 6 N–H and O–H groups in total. The average molecular weight is 1360 g/mol. The SMILES string of the molecule is CCCCCCCCCCCCCC/C=C/C(O)C(COC1OC(CO)C(O)C(O)C1O)NC(=O)CCCCCCCCCCCCCCCCCCC/C=C\CCCCCCCCCCCCCCCCCCCCOC(=O)CCCCCCCCCCCCCCCCC. The molecule has 1 aliphatic heterocycles. The van der Waals surface area contributed by atoms with E-state index in [-0.39, 0.29) is 18.5 Å². The summed E-state index contributed by atoms with van der Waals surface area (Å²) >= 11 is 0. The molecule has 1 heterocycles. The third-order valence-corrected chi connectivity index (χ3v) is 20.6. The van der Waals surface area contributed by atoms with Crippen LogP contribution in [0, 0.1) is 0 Å². The van der Waals surface area contributed by atoms with Crippen molar-refractivity contribution in [1.29, 1.82) is 0 Å². The Balaban J connectivity index is 1.88. The van der Waals surface area contributed by atoms with Crippen molar-refractivity contribution in [3.63, 3.8) is 0 Å². The van der Waals surface area contributed by atoms with Crippen LogP contribution in [-0.2, 0) is 23.8 Å². The van der Waals surface area contributed by atoms with Gasteiger partial charge >= 0.3 is 5.97 Å². The minimum atomic E-state index is -1.57. The minimum absolute atomic E-state index is 0.0207. The first kappa shape index (κ1) is 92.2. The normalized spacial score (nSPS) is 17.3. The summed E-state index contributed by atoms with van der Waals surface area (Å²) in [5.74, 6) is -0.153. The Kier molecular flexibility index (Phi) is 71.4. The minimum Gasteiger partial charge on any atom is -0.466 e. The topological polar surface area (TPSA) is 175 Å². The molecular formula is C85H163NO10. The van der Waals surface area contributed by atoms with Gasteiger partial charge in [-0.1, -0.05) is 398 Å². The molecule has 11 heteroatoms. The molecule has 0 aliphatic carbocycles. The number of esters is 1. The summed E-state index contributed by atoms with van der Waals surface area (Å²) < 4.78 is 16.8. The summed E-state index contributed by atoms with van der Waals surface area (Å²) in [6.45, 7) is 4.42. The number of carbonyl (C=O) groups is 2. The molecule has 1 saturated heterocycles. The second kappa shape index (κ2) is 74.3. The maximum absolute atomic E-state index is 13.1. The van der Waals surface area contributed by atoms with Crippen molar-refractivity contribution in [2.45, 2.75) is 487 Å². The monoisotopic (exact) mass is 1360 g/mol. The number of nitrogens with one attached hydrogen (secondary N) is 1. The second-order valence-corrected chi connectivity index (χ2v) is 29.9. The Labute approximate surface area is 594 Å². The molecule has 1 aliphatic rings. The van der Waals surface area contributed by atoms with E-state index >= 15 is 0 Å². The molecule has 0 aromatic heterocycles. The number of allylic oxidation sites excluding steroid dienone is 3. The highest BCUT2D eigenvalue weighted by Crippen LogP contribution is 2.24. The first-order valence-electron chi connectivity index (χ1n) is 42.6. The Morgan fingerprint density at radius 3 is 1.00 bits per heavy atom. The fourth-order valence-corrected chi connectivity index (χ4v) is 13.9. The van der Waals surface area contributed by atoms with Gasteiger partial charge in [0.1, 0.15) is 24.4 Å². The van der Waals surface area contributed by atoms with Crippen LogP contribution in [0.4, 0.5) is 0 Å². The fraction of sp³-hybridized carbons (Fsp3) is 0.929. The van der Waals surface area contributed by atoms with Gasteiger partial charge in [0.05, 0.1) is 32.0 Å². The highest BCUT2D eigenvalue weighted by Gasteiger charge is 2.44. The first-order chi connectivity index (χ1) is 47.2. The van der Waals surface area contributed by atoms with E-state index in [1.807, 2.05) is 6.08 Å². The van der Waals surface area contributed by atoms with E-state index in [4.69, 9.17) is 14.2 Å². The van der Waals surface area contributed by atoms with E-state index in [0.29, 0.717) is 19.4 Å². The van der Waals surface area contributed by atoms with E-state index in [0.717, 1.165) is 51.4 Å². The molecule has 1 fully saturated rings. The Bertz CT molecular complexity index is 1640. The van der Waals surface area contributed by atoms with Crippen LogP contribution in [0.15, 0.2) is 24.3 Å². The maximum Gasteiger partial charge on any atom is 0.305 e.